The fourth-order valence-electron chi connectivity index (χ4n) is 0.417. The van der Waals surface area contributed by atoms with Crippen molar-refractivity contribution in [2.24, 2.45) is 0 Å². The van der Waals surface area contributed by atoms with Gasteiger partial charge in [-0.1, -0.05) is 5.73 Å². The average Bonchev–Trinajstić information content (AvgIpc) is 1.77. The molecule has 0 unspecified atom stereocenters. The van der Waals surface area contributed by atoms with Crippen molar-refractivity contribution >= 4 is 5.87 Å². The summed E-state index contributed by atoms with van der Waals surface area (Å²) >= 11 is 0. The van der Waals surface area contributed by atoms with E-state index in [4.69, 9.17) is 0 Å². The van der Waals surface area contributed by atoms with Crippen LogP contribution in [0.25, 0.3) is 0 Å². The number of hydrogen-bond donors (Lipinski definition) is 0. The zero-order valence-electron chi connectivity index (χ0n) is 4.51. The minimum absolute atomic E-state index is 0.146. The van der Waals surface area contributed by atoms with Crippen LogP contribution in [0, 0.1) is 0 Å². The van der Waals surface area contributed by atoms with E-state index in [1.54, 1.807) is 19.2 Å². The third-order valence-electron chi connectivity index (χ3n) is 0.863. The van der Waals surface area contributed by atoms with Crippen molar-refractivity contribution in [1.82, 2.24) is 0 Å². The summed E-state index contributed by atoms with van der Waals surface area (Å²) in [6.07, 6.45) is 3.18. The van der Waals surface area contributed by atoms with Gasteiger partial charge in [0, 0.05) is 0 Å². The lowest BCUT2D eigenvalue weighted by atomic mass is 10.5. The summed E-state index contributed by atoms with van der Waals surface area (Å²) in [6, 6.07) is 0. The highest BCUT2D eigenvalue weighted by Crippen LogP contribution is 1.81. The molecule has 0 aromatic carbocycles. The van der Waals surface area contributed by atoms with Gasteiger partial charge in [-0.15, -0.1) is 0 Å². The van der Waals surface area contributed by atoms with E-state index in [1.165, 1.54) is 4.58 Å². The molecule has 0 saturated heterocycles. The zero-order chi connectivity index (χ0) is 5.98. The first-order chi connectivity index (χ1) is 3.80. The van der Waals surface area contributed by atoms with Gasteiger partial charge in [0.05, 0.1) is 6.08 Å². The van der Waals surface area contributed by atoms with Crippen LogP contribution in [-0.4, -0.2) is 17.5 Å². The molecule has 1 aliphatic rings. The molecule has 1 heterocycles. The summed E-state index contributed by atoms with van der Waals surface area (Å²) in [6.45, 7) is 0. The summed E-state index contributed by atoms with van der Waals surface area (Å²) in [5, 5.41) is 10.5. The SMILES string of the molecule is C[N+]1=C=CC=C=C1[O-]. The Hall–Kier alpha value is -1.23. The Labute approximate surface area is 47.4 Å². The molecule has 0 bridgehead atoms. The monoisotopic (exact) mass is 107 g/mol. The van der Waals surface area contributed by atoms with Gasteiger partial charge in [-0.2, -0.15) is 4.58 Å². The second-order valence-electron chi connectivity index (χ2n) is 1.47. The van der Waals surface area contributed by atoms with Gasteiger partial charge in [-0.25, -0.2) is 0 Å². The van der Waals surface area contributed by atoms with E-state index in [-0.39, 0.29) is 5.88 Å². The van der Waals surface area contributed by atoms with Gasteiger partial charge in [0.25, 0.3) is 0 Å². The molecule has 0 fully saturated rings. The maximum atomic E-state index is 10.5. The molecule has 0 saturated carbocycles. The molecule has 0 N–H and O–H groups in total. The van der Waals surface area contributed by atoms with Gasteiger partial charge in [0.2, 0.25) is 5.88 Å². The van der Waals surface area contributed by atoms with E-state index in [1.807, 2.05) is 0 Å². The van der Waals surface area contributed by atoms with E-state index in [9.17, 15) is 5.11 Å². The molecule has 1 rings (SSSR count). The first-order valence-electron chi connectivity index (χ1n) is 2.26. The van der Waals surface area contributed by atoms with Crippen molar-refractivity contribution in [3.8, 4) is 0 Å². The van der Waals surface area contributed by atoms with Crippen LogP contribution in [0.15, 0.2) is 23.8 Å². The number of rotatable bonds is 0. The molecule has 40 valence electrons. The number of allylic oxidation sites excluding steroid dienone is 2. The fraction of sp³-hybridized carbons (Fsp3) is 0.167. The molecule has 1 aliphatic heterocycles. The highest BCUT2D eigenvalue weighted by atomic mass is 16.3. The Morgan fingerprint density at radius 1 is 1.62 bits per heavy atom. The molecule has 2 nitrogen and oxygen atoms in total. The molecule has 0 aromatic heterocycles. The summed E-state index contributed by atoms with van der Waals surface area (Å²) in [5.41, 5.74) is 2.48. The predicted molar refractivity (Wildman–Crippen MR) is 27.4 cm³/mol. The summed E-state index contributed by atoms with van der Waals surface area (Å²) in [5.74, 6) is 2.53. The predicted octanol–water partition coefficient (Wildman–Crippen LogP) is -0.775. The van der Waals surface area contributed by atoms with Crippen LogP contribution in [0.1, 0.15) is 0 Å². The normalized spacial score (nSPS) is 15.6. The fourth-order valence-corrected chi connectivity index (χ4v) is 0.417. The first kappa shape index (κ1) is 4.92. The van der Waals surface area contributed by atoms with Crippen LogP contribution in [0.3, 0.4) is 0 Å². The molecule has 0 aliphatic carbocycles. The van der Waals surface area contributed by atoms with Crippen LogP contribution >= 0.6 is 0 Å². The van der Waals surface area contributed by atoms with Crippen molar-refractivity contribution < 1.29 is 9.68 Å². The van der Waals surface area contributed by atoms with E-state index >= 15 is 0 Å². The Morgan fingerprint density at radius 2 is 2.38 bits per heavy atom. The first-order valence-corrected chi connectivity index (χ1v) is 2.26. The largest absolute Gasteiger partial charge is 0.816 e. The van der Waals surface area contributed by atoms with Crippen molar-refractivity contribution in [3.05, 3.63) is 23.8 Å². The molecule has 2 heteroatoms. The van der Waals surface area contributed by atoms with E-state index in [0.717, 1.165) is 0 Å². The lowest BCUT2D eigenvalue weighted by molar-refractivity contribution is -0.578. The highest BCUT2D eigenvalue weighted by molar-refractivity contribution is 5.50. The van der Waals surface area contributed by atoms with Crippen LogP contribution < -0.4 is 5.11 Å². The van der Waals surface area contributed by atoms with Gasteiger partial charge in [0.15, 0.2) is 5.87 Å². The molecule has 0 atom stereocenters. The quantitative estimate of drug-likeness (QED) is 0.295. The minimum Gasteiger partial charge on any atom is -0.816 e. The van der Waals surface area contributed by atoms with E-state index in [2.05, 4.69) is 11.6 Å². The Morgan fingerprint density at radius 3 is 2.75 bits per heavy atom. The Bertz CT molecular complexity index is 199. The van der Waals surface area contributed by atoms with Crippen LogP contribution in [-0.2, 0) is 0 Å². The second-order valence-corrected chi connectivity index (χ2v) is 1.47. The number of nitrogens with zero attached hydrogens (tertiary/aromatic N) is 1. The Kier molecular flexibility index (Phi) is 1.05. The molecule has 0 aromatic rings. The summed E-state index contributed by atoms with van der Waals surface area (Å²) < 4.78 is 1.35. The zero-order valence-corrected chi connectivity index (χ0v) is 4.51. The van der Waals surface area contributed by atoms with E-state index < -0.39 is 0 Å². The van der Waals surface area contributed by atoms with Crippen molar-refractivity contribution in [2.45, 2.75) is 0 Å². The molecular formula is C6H5NO. The van der Waals surface area contributed by atoms with E-state index in [0.29, 0.717) is 0 Å². The van der Waals surface area contributed by atoms with Crippen LogP contribution in [0.4, 0.5) is 0 Å². The van der Waals surface area contributed by atoms with Gasteiger partial charge < -0.3 is 5.11 Å². The van der Waals surface area contributed by atoms with Gasteiger partial charge in [-0.3, -0.25) is 0 Å². The molecule has 0 amide bonds. The minimum atomic E-state index is -0.146. The second kappa shape index (κ2) is 1.71. The smallest absolute Gasteiger partial charge is 0.201 e. The average molecular weight is 107 g/mol. The third kappa shape index (κ3) is 0.710. The topological polar surface area (TPSA) is 26.1 Å². The van der Waals surface area contributed by atoms with Gasteiger partial charge in [0.1, 0.15) is 7.05 Å². The summed E-state index contributed by atoms with van der Waals surface area (Å²) in [4.78, 5) is 0. The van der Waals surface area contributed by atoms with Crippen LogP contribution in [0.2, 0.25) is 0 Å². The van der Waals surface area contributed by atoms with Crippen molar-refractivity contribution in [1.29, 1.82) is 0 Å². The van der Waals surface area contributed by atoms with Crippen LogP contribution in [0.5, 0.6) is 0 Å². The van der Waals surface area contributed by atoms with Crippen molar-refractivity contribution in [2.75, 3.05) is 7.05 Å². The molecular weight excluding hydrogens is 102 g/mol. The van der Waals surface area contributed by atoms with Crippen molar-refractivity contribution in [3.63, 3.8) is 0 Å². The van der Waals surface area contributed by atoms with Gasteiger partial charge in [-0.05, 0) is 6.08 Å². The Balaban J connectivity index is 3.10. The molecule has 0 spiro atoms. The lowest BCUT2D eigenvalue weighted by Gasteiger charge is -1.97. The highest BCUT2D eigenvalue weighted by Gasteiger charge is 1.90. The standard InChI is InChI=1S/C6H5NO/c1-7-5-3-2-4-6(7)8/h2-3H,1H3. The molecule has 8 heavy (non-hydrogen) atoms. The maximum absolute atomic E-state index is 10.5. The maximum Gasteiger partial charge on any atom is 0.201 e. The molecule has 0 radical (unpaired) electrons. The van der Waals surface area contributed by atoms with Gasteiger partial charge >= 0.3 is 0 Å². The summed E-state index contributed by atoms with van der Waals surface area (Å²) in [7, 11) is 1.64. The lowest BCUT2D eigenvalue weighted by Crippen LogP contribution is -2.16. The number of hydrogen-bond acceptors (Lipinski definition) is 1. The third-order valence-corrected chi connectivity index (χ3v) is 0.863.